The fourth-order valence-electron chi connectivity index (χ4n) is 2.04. The average Bonchev–Trinajstić information content (AvgIpc) is 2.49. The van der Waals surface area contributed by atoms with E-state index < -0.39 is 4.93 Å². The lowest BCUT2D eigenvalue weighted by Gasteiger charge is -2.24. The number of halogens is 2. The van der Waals surface area contributed by atoms with E-state index in [1.807, 2.05) is 33.2 Å². The van der Waals surface area contributed by atoms with Gasteiger partial charge in [-0.2, -0.15) is 0 Å². The van der Waals surface area contributed by atoms with Gasteiger partial charge in [-0.1, -0.05) is 53.5 Å². The molecule has 0 saturated carbocycles. The van der Waals surface area contributed by atoms with Crippen molar-refractivity contribution < 1.29 is 5.11 Å². The minimum absolute atomic E-state index is 0.633. The van der Waals surface area contributed by atoms with Gasteiger partial charge < -0.3 is 10.0 Å². The molecule has 2 aliphatic carbocycles. The number of aliphatic hydroxyl groups is 1. The molecule has 0 aromatic heterocycles. The molecule has 0 spiro atoms. The Bertz CT molecular complexity index is 727. The van der Waals surface area contributed by atoms with E-state index in [1.54, 1.807) is 6.07 Å². The van der Waals surface area contributed by atoms with Crippen LogP contribution in [0.3, 0.4) is 0 Å². The summed E-state index contributed by atoms with van der Waals surface area (Å²) < 4.78 is 0. The van der Waals surface area contributed by atoms with Gasteiger partial charge in [-0.25, -0.2) is 0 Å². The van der Waals surface area contributed by atoms with E-state index in [0.717, 1.165) is 18.5 Å². The topological polar surface area (TPSA) is 23.5 Å². The van der Waals surface area contributed by atoms with Crippen molar-refractivity contribution in [2.45, 2.75) is 24.0 Å². The van der Waals surface area contributed by atoms with Gasteiger partial charge in [-0.15, -0.1) is 11.8 Å². The minimum Gasteiger partial charge on any atom is -0.380 e. The predicted molar refractivity (Wildman–Crippen MR) is 106 cm³/mol. The van der Waals surface area contributed by atoms with E-state index in [-0.39, 0.29) is 0 Å². The van der Waals surface area contributed by atoms with E-state index >= 15 is 0 Å². The summed E-state index contributed by atoms with van der Waals surface area (Å²) >= 11 is 13.4. The quantitative estimate of drug-likeness (QED) is 0.593. The number of nitrogens with zero attached hydrogens (tertiary/aromatic N) is 1. The van der Waals surface area contributed by atoms with Gasteiger partial charge in [0.1, 0.15) is 4.93 Å². The highest BCUT2D eigenvalue weighted by Gasteiger charge is 2.21. The summed E-state index contributed by atoms with van der Waals surface area (Å²) in [6.07, 6.45) is 0.718. The molecule has 2 nitrogen and oxygen atoms in total. The molecule has 0 fully saturated rings. The first-order valence-corrected chi connectivity index (χ1v) is 9.56. The van der Waals surface area contributed by atoms with Crippen molar-refractivity contribution in [1.29, 1.82) is 0 Å². The SMILES string of the molecule is CN(C)CCC(C)(O)SCc1ccc(Cl)cc1Cl.c1cc2ccc1=2. The highest BCUT2D eigenvalue weighted by atomic mass is 35.5. The molecule has 1 unspecified atom stereocenters. The molecular formula is C19H23Cl2NOS. The summed E-state index contributed by atoms with van der Waals surface area (Å²) in [4.78, 5) is 1.32. The Morgan fingerprint density at radius 3 is 2.04 bits per heavy atom. The van der Waals surface area contributed by atoms with Crippen LogP contribution in [0, 0.1) is 10.4 Å². The standard InChI is InChI=1S/C13H19Cl2NOS.C6H4/c1-13(17,6-7-16(2)3)18-9-10-4-5-11(14)8-12(10)15;1-2-6-4-3-5(1)6/h4-5,8,17H,6-7,9H2,1-3H3;1-4H. The summed E-state index contributed by atoms with van der Waals surface area (Å²) in [6.45, 7) is 2.69. The predicted octanol–water partition coefficient (Wildman–Crippen LogP) is 5.17. The zero-order valence-corrected chi connectivity index (χ0v) is 16.5. The van der Waals surface area contributed by atoms with Crippen LogP contribution in [0.1, 0.15) is 18.9 Å². The molecule has 0 aliphatic heterocycles. The van der Waals surface area contributed by atoms with Crippen molar-refractivity contribution in [3.63, 3.8) is 0 Å². The van der Waals surface area contributed by atoms with E-state index in [0.29, 0.717) is 15.8 Å². The molecular weight excluding hydrogens is 361 g/mol. The van der Waals surface area contributed by atoms with Crippen molar-refractivity contribution in [1.82, 2.24) is 4.90 Å². The molecule has 5 heteroatoms. The molecule has 1 atom stereocenters. The summed E-state index contributed by atoms with van der Waals surface area (Å²) in [6, 6.07) is 13.9. The molecule has 1 N–H and O–H groups in total. The van der Waals surface area contributed by atoms with Crippen LogP contribution in [0.2, 0.25) is 10.0 Å². The van der Waals surface area contributed by atoms with Gasteiger partial charge in [0, 0.05) is 22.3 Å². The lowest BCUT2D eigenvalue weighted by atomic mass is 10.1. The lowest BCUT2D eigenvalue weighted by Crippen LogP contribution is -2.26. The molecule has 3 rings (SSSR count). The van der Waals surface area contributed by atoms with Gasteiger partial charge in [0.2, 0.25) is 0 Å². The van der Waals surface area contributed by atoms with Crippen molar-refractivity contribution in [3.8, 4) is 0 Å². The molecule has 0 radical (unpaired) electrons. The number of thioether (sulfide) groups is 1. The third-order valence-electron chi connectivity index (χ3n) is 3.79. The average molecular weight is 384 g/mol. The number of hydrogen-bond donors (Lipinski definition) is 1. The number of rotatable bonds is 6. The van der Waals surface area contributed by atoms with Gasteiger partial charge in [0.15, 0.2) is 0 Å². The molecule has 0 amide bonds. The summed E-state index contributed by atoms with van der Waals surface area (Å²) in [7, 11) is 3.99. The Balaban J connectivity index is 0.000000282. The number of benzene rings is 2. The zero-order chi connectivity index (χ0) is 17.7. The zero-order valence-electron chi connectivity index (χ0n) is 14.2. The monoisotopic (exact) mass is 383 g/mol. The minimum atomic E-state index is -0.743. The first-order chi connectivity index (χ1) is 11.3. The van der Waals surface area contributed by atoms with Crippen molar-refractivity contribution in [3.05, 3.63) is 68.5 Å². The highest BCUT2D eigenvalue weighted by molar-refractivity contribution is 7.99. The van der Waals surface area contributed by atoms with E-state index in [4.69, 9.17) is 23.2 Å². The van der Waals surface area contributed by atoms with Crippen LogP contribution in [0.5, 0.6) is 0 Å². The van der Waals surface area contributed by atoms with Crippen LogP contribution in [0.25, 0.3) is 0 Å². The van der Waals surface area contributed by atoms with Crippen molar-refractivity contribution in [2.24, 2.45) is 0 Å². The van der Waals surface area contributed by atoms with Gasteiger partial charge in [0.25, 0.3) is 0 Å². The highest BCUT2D eigenvalue weighted by Crippen LogP contribution is 2.32. The van der Waals surface area contributed by atoms with Crippen molar-refractivity contribution in [2.75, 3.05) is 20.6 Å². The van der Waals surface area contributed by atoms with Gasteiger partial charge in [-0.05, 0) is 55.6 Å². The molecule has 0 bridgehead atoms. The first-order valence-electron chi connectivity index (χ1n) is 7.82. The lowest BCUT2D eigenvalue weighted by molar-refractivity contribution is 0.136. The van der Waals surface area contributed by atoms with Crippen LogP contribution in [0.15, 0.2) is 42.5 Å². The Labute approximate surface area is 158 Å². The first kappa shape index (κ1) is 19.6. The summed E-state index contributed by atoms with van der Waals surface area (Å²) in [5.41, 5.74) is 0.996. The fourth-order valence-corrected chi connectivity index (χ4v) is 3.55. The van der Waals surface area contributed by atoms with E-state index in [2.05, 4.69) is 29.2 Å². The molecule has 0 heterocycles. The summed E-state index contributed by atoms with van der Waals surface area (Å²) in [5, 5.41) is 14.4. The van der Waals surface area contributed by atoms with E-state index in [9.17, 15) is 5.11 Å². The Kier molecular flexibility index (Phi) is 7.02. The van der Waals surface area contributed by atoms with Gasteiger partial charge >= 0.3 is 0 Å². The third kappa shape index (κ3) is 5.98. The molecule has 1 aromatic carbocycles. The molecule has 1 aromatic rings. The van der Waals surface area contributed by atoms with Crippen LogP contribution >= 0.6 is 35.0 Å². The number of hydrogen-bond acceptors (Lipinski definition) is 3. The maximum Gasteiger partial charge on any atom is 0.109 e. The maximum absolute atomic E-state index is 10.2. The van der Waals surface area contributed by atoms with Gasteiger partial charge in [-0.3, -0.25) is 0 Å². The van der Waals surface area contributed by atoms with Crippen LogP contribution in [0.4, 0.5) is 0 Å². The Hall–Kier alpha value is -0.710. The normalized spacial score (nSPS) is 14.0. The van der Waals surface area contributed by atoms with Crippen LogP contribution in [-0.4, -0.2) is 35.6 Å². The molecule has 24 heavy (non-hydrogen) atoms. The summed E-state index contributed by atoms with van der Waals surface area (Å²) in [5.74, 6) is 0.677. The largest absolute Gasteiger partial charge is 0.380 e. The maximum atomic E-state index is 10.2. The van der Waals surface area contributed by atoms with Crippen LogP contribution in [-0.2, 0) is 5.75 Å². The molecule has 0 saturated heterocycles. The molecule has 130 valence electrons. The van der Waals surface area contributed by atoms with Crippen LogP contribution < -0.4 is 0 Å². The second-order valence-electron chi connectivity index (χ2n) is 6.33. The second kappa shape index (κ2) is 8.59. The van der Waals surface area contributed by atoms with E-state index in [1.165, 1.54) is 22.2 Å². The Morgan fingerprint density at radius 2 is 1.62 bits per heavy atom. The molecule has 2 aliphatic rings. The second-order valence-corrected chi connectivity index (χ2v) is 8.63. The van der Waals surface area contributed by atoms with Gasteiger partial charge in [0.05, 0.1) is 0 Å². The smallest absolute Gasteiger partial charge is 0.109 e. The van der Waals surface area contributed by atoms with Crippen molar-refractivity contribution >= 4 is 35.0 Å². The third-order valence-corrected chi connectivity index (χ3v) is 5.66. The fraction of sp³-hybridized carbons (Fsp3) is 0.368. The Morgan fingerprint density at radius 1 is 1.04 bits per heavy atom.